The number of ether oxygens (including phenoxy) is 1. The third-order valence-corrected chi connectivity index (χ3v) is 5.35. The minimum atomic E-state index is -3.28. The van der Waals surface area contributed by atoms with Gasteiger partial charge in [0.1, 0.15) is 0 Å². The molecule has 25 heavy (non-hydrogen) atoms. The minimum Gasteiger partial charge on any atom is -0.380 e. The van der Waals surface area contributed by atoms with Crippen LogP contribution in [-0.2, 0) is 21.2 Å². The van der Waals surface area contributed by atoms with Crippen LogP contribution in [0.5, 0.6) is 0 Å². The normalized spacial score (nSPS) is 12.1. The van der Waals surface area contributed by atoms with Crippen LogP contribution in [0.4, 0.5) is 5.69 Å². The Bertz CT molecular complexity index is 805. The van der Waals surface area contributed by atoms with E-state index in [2.05, 4.69) is 10.3 Å². The van der Waals surface area contributed by atoms with E-state index in [9.17, 15) is 8.42 Å². The molecule has 0 spiro atoms. The summed E-state index contributed by atoms with van der Waals surface area (Å²) in [5, 5.41) is 3.02. The van der Waals surface area contributed by atoms with Gasteiger partial charge in [0, 0.05) is 24.9 Å². The van der Waals surface area contributed by atoms with Crippen molar-refractivity contribution in [2.45, 2.75) is 17.9 Å². The lowest BCUT2D eigenvalue weighted by Crippen LogP contribution is -2.24. The Morgan fingerprint density at radius 3 is 2.52 bits per heavy atom. The minimum absolute atomic E-state index is 0.0358. The topological polar surface area (TPSA) is 93.8 Å². The quantitative estimate of drug-likeness (QED) is 0.428. The number of benzene rings is 2. The van der Waals surface area contributed by atoms with Gasteiger partial charge in [0.15, 0.2) is 15.8 Å². The molecule has 6 nitrogen and oxygen atoms in total. The van der Waals surface area contributed by atoms with E-state index >= 15 is 0 Å². The van der Waals surface area contributed by atoms with E-state index in [1.54, 1.807) is 37.4 Å². The van der Waals surface area contributed by atoms with Crippen molar-refractivity contribution in [3.05, 3.63) is 60.2 Å². The van der Waals surface area contributed by atoms with Crippen LogP contribution < -0.4 is 11.1 Å². The van der Waals surface area contributed by atoms with E-state index in [0.29, 0.717) is 24.5 Å². The molecular weight excluding hydrogens is 338 g/mol. The second-order valence-electron chi connectivity index (χ2n) is 5.47. The lowest BCUT2D eigenvalue weighted by molar-refractivity contribution is 0.185. The molecule has 2 aromatic rings. The summed E-state index contributed by atoms with van der Waals surface area (Å²) in [6, 6.07) is 16.0. The highest BCUT2D eigenvalue weighted by atomic mass is 32.2. The average molecular weight is 361 g/mol. The molecule has 0 bridgehead atoms. The molecule has 3 N–H and O–H groups in total. The molecule has 0 aliphatic heterocycles. The number of anilines is 1. The summed E-state index contributed by atoms with van der Waals surface area (Å²) >= 11 is 0. The summed E-state index contributed by atoms with van der Waals surface area (Å²) in [5.74, 6) is 0.286. The Balaban J connectivity index is 1.88. The fourth-order valence-corrected chi connectivity index (χ4v) is 3.62. The van der Waals surface area contributed by atoms with Crippen molar-refractivity contribution in [2.24, 2.45) is 10.7 Å². The van der Waals surface area contributed by atoms with Crippen molar-refractivity contribution < 1.29 is 13.2 Å². The van der Waals surface area contributed by atoms with Gasteiger partial charge in [-0.05, 0) is 24.6 Å². The lowest BCUT2D eigenvalue weighted by atomic mass is 10.2. The molecule has 0 atom stereocenters. The number of aliphatic imine (C=N–C) groups is 1. The van der Waals surface area contributed by atoms with Crippen molar-refractivity contribution >= 4 is 21.5 Å². The Morgan fingerprint density at radius 1 is 1.12 bits per heavy atom. The van der Waals surface area contributed by atoms with Gasteiger partial charge >= 0.3 is 0 Å². The molecule has 0 aromatic heterocycles. The predicted molar refractivity (Wildman–Crippen MR) is 100 cm³/mol. The predicted octanol–water partition coefficient (Wildman–Crippen LogP) is 2.42. The molecule has 2 rings (SSSR count). The zero-order valence-electron chi connectivity index (χ0n) is 14.2. The number of hydrogen-bond donors (Lipinski definition) is 2. The van der Waals surface area contributed by atoms with Gasteiger partial charge in [0.05, 0.1) is 17.3 Å². The molecule has 0 heterocycles. The Kier molecular flexibility index (Phi) is 6.97. The maximum atomic E-state index is 12.2. The Hall–Kier alpha value is -2.38. The maximum absolute atomic E-state index is 12.2. The van der Waals surface area contributed by atoms with E-state index in [1.165, 1.54) is 0 Å². The van der Waals surface area contributed by atoms with Crippen molar-refractivity contribution in [3.63, 3.8) is 0 Å². The zero-order chi connectivity index (χ0) is 18.1. The number of para-hydroxylation sites is 1. The van der Waals surface area contributed by atoms with Crippen molar-refractivity contribution in [2.75, 3.05) is 24.7 Å². The molecule has 2 aromatic carbocycles. The number of rotatable bonds is 8. The van der Waals surface area contributed by atoms with Crippen LogP contribution in [0.2, 0.25) is 0 Å². The van der Waals surface area contributed by atoms with Gasteiger partial charge < -0.3 is 15.8 Å². The Morgan fingerprint density at radius 2 is 1.80 bits per heavy atom. The first kappa shape index (κ1) is 19.0. The summed E-state index contributed by atoms with van der Waals surface area (Å²) in [7, 11) is -1.65. The number of nitrogens with zero attached hydrogens (tertiary/aromatic N) is 1. The van der Waals surface area contributed by atoms with E-state index in [1.807, 2.05) is 24.3 Å². The van der Waals surface area contributed by atoms with E-state index in [4.69, 9.17) is 10.5 Å². The first-order valence-corrected chi connectivity index (χ1v) is 9.60. The molecule has 0 aliphatic carbocycles. The highest BCUT2D eigenvalue weighted by Gasteiger charge is 2.12. The maximum Gasteiger partial charge on any atom is 0.193 e. The van der Waals surface area contributed by atoms with Crippen LogP contribution in [-0.4, -0.2) is 33.8 Å². The fourth-order valence-electron chi connectivity index (χ4n) is 2.30. The number of guanidine groups is 1. The van der Waals surface area contributed by atoms with Crippen molar-refractivity contribution in [1.82, 2.24) is 0 Å². The van der Waals surface area contributed by atoms with Gasteiger partial charge in [-0.2, -0.15) is 0 Å². The van der Waals surface area contributed by atoms with Crippen molar-refractivity contribution in [3.8, 4) is 0 Å². The van der Waals surface area contributed by atoms with E-state index in [-0.39, 0.29) is 11.7 Å². The summed E-state index contributed by atoms with van der Waals surface area (Å²) < 4.78 is 29.5. The third kappa shape index (κ3) is 5.88. The summed E-state index contributed by atoms with van der Waals surface area (Å²) in [4.78, 5) is 4.53. The highest BCUT2D eigenvalue weighted by molar-refractivity contribution is 7.91. The Labute approximate surface area is 148 Å². The average Bonchev–Trinajstić information content (AvgIpc) is 2.61. The molecule has 134 valence electrons. The van der Waals surface area contributed by atoms with Gasteiger partial charge in [-0.3, -0.25) is 4.99 Å². The molecule has 0 saturated heterocycles. The fraction of sp³-hybridized carbons (Fsp3) is 0.278. The van der Waals surface area contributed by atoms with Gasteiger partial charge in [-0.25, -0.2) is 8.42 Å². The first-order valence-electron chi connectivity index (χ1n) is 7.94. The van der Waals surface area contributed by atoms with Gasteiger partial charge in [0.25, 0.3) is 0 Å². The third-order valence-electron chi connectivity index (χ3n) is 3.54. The number of sulfone groups is 1. The first-order chi connectivity index (χ1) is 12.0. The molecule has 0 saturated carbocycles. The lowest BCUT2D eigenvalue weighted by Gasteiger charge is -2.10. The summed E-state index contributed by atoms with van der Waals surface area (Å²) in [5.41, 5.74) is 7.67. The molecule has 7 heteroatoms. The molecule has 0 fully saturated rings. The van der Waals surface area contributed by atoms with Gasteiger partial charge in [0.2, 0.25) is 0 Å². The molecular formula is C18H23N3O3S. The summed E-state index contributed by atoms with van der Waals surface area (Å²) in [6.07, 6.45) is 0.402. The number of nitrogens with one attached hydrogen (secondary N) is 1. The second kappa shape index (κ2) is 9.19. The SMILES string of the molecule is COCc1ccccc1NC(N)=NCCCS(=O)(=O)c1ccccc1. The van der Waals surface area contributed by atoms with Crippen LogP contribution in [0.1, 0.15) is 12.0 Å². The number of nitrogens with two attached hydrogens (primary N) is 1. The molecule has 0 radical (unpaired) electrons. The van der Waals surface area contributed by atoms with Crippen LogP contribution in [0, 0.1) is 0 Å². The molecule has 0 amide bonds. The van der Waals surface area contributed by atoms with Gasteiger partial charge in [-0.1, -0.05) is 36.4 Å². The standard InChI is InChI=1S/C18H23N3O3S/c1-24-14-15-8-5-6-11-17(15)21-18(19)20-12-7-13-25(22,23)16-9-3-2-4-10-16/h2-6,8-11H,7,12-14H2,1H3,(H3,19,20,21). The zero-order valence-corrected chi connectivity index (χ0v) is 15.0. The highest BCUT2D eigenvalue weighted by Crippen LogP contribution is 2.15. The van der Waals surface area contributed by atoms with Crippen LogP contribution >= 0.6 is 0 Å². The second-order valence-corrected chi connectivity index (χ2v) is 7.58. The van der Waals surface area contributed by atoms with Crippen LogP contribution in [0.15, 0.2) is 64.5 Å². The number of hydrogen-bond acceptors (Lipinski definition) is 4. The van der Waals surface area contributed by atoms with E-state index < -0.39 is 9.84 Å². The van der Waals surface area contributed by atoms with Crippen LogP contribution in [0.25, 0.3) is 0 Å². The monoisotopic (exact) mass is 361 g/mol. The number of methoxy groups -OCH3 is 1. The van der Waals surface area contributed by atoms with Crippen LogP contribution in [0.3, 0.4) is 0 Å². The largest absolute Gasteiger partial charge is 0.380 e. The summed E-state index contributed by atoms with van der Waals surface area (Å²) in [6.45, 7) is 0.795. The molecule has 0 unspecified atom stereocenters. The van der Waals surface area contributed by atoms with E-state index in [0.717, 1.165) is 11.3 Å². The molecule has 0 aliphatic rings. The van der Waals surface area contributed by atoms with Gasteiger partial charge in [-0.15, -0.1) is 0 Å². The van der Waals surface area contributed by atoms with Crippen molar-refractivity contribution in [1.29, 1.82) is 0 Å². The smallest absolute Gasteiger partial charge is 0.193 e.